The van der Waals surface area contributed by atoms with E-state index in [2.05, 4.69) is 10.6 Å². The Bertz CT molecular complexity index is 928. The average Bonchev–Trinajstić information content (AvgIpc) is 3.46. The van der Waals surface area contributed by atoms with Crippen molar-refractivity contribution in [2.24, 2.45) is 0 Å². The van der Waals surface area contributed by atoms with Crippen molar-refractivity contribution in [1.29, 1.82) is 0 Å². The lowest BCUT2D eigenvalue weighted by Crippen LogP contribution is -2.42. The maximum absolute atomic E-state index is 12.5. The number of carbonyl (C=O) groups is 1. The smallest absolute Gasteiger partial charge is 0.287 e. The van der Waals surface area contributed by atoms with Crippen LogP contribution in [0.25, 0.3) is 22.5 Å². The van der Waals surface area contributed by atoms with Gasteiger partial charge in [-0.3, -0.25) is 4.79 Å². The van der Waals surface area contributed by atoms with Crippen molar-refractivity contribution in [3.63, 3.8) is 0 Å². The lowest BCUT2D eigenvalue weighted by molar-refractivity contribution is 0.0903. The van der Waals surface area contributed by atoms with Gasteiger partial charge in [-0.2, -0.15) is 0 Å². The predicted octanol–water partition coefficient (Wildman–Crippen LogP) is 3.83. The molecule has 2 aromatic heterocycles. The predicted molar refractivity (Wildman–Crippen MR) is 97.7 cm³/mol. The average molecular weight is 348 g/mol. The summed E-state index contributed by atoms with van der Waals surface area (Å²) in [6, 6.07) is 14.7. The highest BCUT2D eigenvalue weighted by molar-refractivity contribution is 5.92. The highest BCUT2D eigenvalue weighted by Crippen LogP contribution is 2.30. The maximum Gasteiger partial charge on any atom is 0.287 e. The van der Waals surface area contributed by atoms with E-state index in [4.69, 9.17) is 8.83 Å². The van der Waals surface area contributed by atoms with Crippen molar-refractivity contribution >= 4 is 5.91 Å². The van der Waals surface area contributed by atoms with Crippen molar-refractivity contribution in [2.45, 2.75) is 37.4 Å². The Morgan fingerprint density at radius 3 is 2.77 bits per heavy atom. The molecule has 3 atom stereocenters. The first-order valence-electron chi connectivity index (χ1n) is 9.06. The third-order valence-electron chi connectivity index (χ3n) is 5.45. The number of fused-ring (bicyclic) bond motifs is 2. The Morgan fingerprint density at radius 1 is 1.08 bits per heavy atom. The highest BCUT2D eigenvalue weighted by atomic mass is 16.4. The molecule has 5 nitrogen and oxygen atoms in total. The van der Waals surface area contributed by atoms with Crippen LogP contribution in [0.3, 0.4) is 0 Å². The van der Waals surface area contributed by atoms with E-state index >= 15 is 0 Å². The van der Waals surface area contributed by atoms with Gasteiger partial charge in [0.2, 0.25) is 0 Å². The number of benzene rings is 1. The van der Waals surface area contributed by atoms with Crippen LogP contribution in [0.15, 0.2) is 63.8 Å². The van der Waals surface area contributed by atoms with Crippen LogP contribution in [-0.4, -0.2) is 24.0 Å². The molecule has 5 rings (SSSR count). The number of hydrogen-bond acceptors (Lipinski definition) is 4. The summed E-state index contributed by atoms with van der Waals surface area (Å²) in [4.78, 5) is 12.5. The first-order valence-corrected chi connectivity index (χ1v) is 9.06. The van der Waals surface area contributed by atoms with E-state index in [-0.39, 0.29) is 11.9 Å². The molecule has 0 saturated carbocycles. The van der Waals surface area contributed by atoms with Gasteiger partial charge in [-0.15, -0.1) is 0 Å². The van der Waals surface area contributed by atoms with Crippen molar-refractivity contribution in [1.82, 2.24) is 10.6 Å². The molecule has 3 aromatic rings. The number of hydrogen-bond donors (Lipinski definition) is 2. The number of nitrogens with one attached hydrogen (secondary N) is 2. The fraction of sp³-hybridized carbons (Fsp3) is 0.286. The lowest BCUT2D eigenvalue weighted by Gasteiger charge is -2.20. The van der Waals surface area contributed by atoms with Crippen molar-refractivity contribution in [3.05, 3.63) is 60.8 Å². The summed E-state index contributed by atoms with van der Waals surface area (Å²) in [5, 5.41) is 6.65. The molecule has 2 aliphatic rings. The molecular formula is C21H20N2O3. The van der Waals surface area contributed by atoms with Crippen LogP contribution < -0.4 is 10.6 Å². The van der Waals surface area contributed by atoms with E-state index in [1.54, 1.807) is 18.6 Å². The fourth-order valence-corrected chi connectivity index (χ4v) is 4.12. The van der Waals surface area contributed by atoms with E-state index in [0.717, 1.165) is 29.5 Å². The molecule has 4 heterocycles. The Hall–Kier alpha value is -2.79. The molecule has 0 spiro atoms. The topological polar surface area (TPSA) is 67.4 Å². The Morgan fingerprint density at radius 2 is 2.00 bits per heavy atom. The van der Waals surface area contributed by atoms with Crippen LogP contribution in [0.5, 0.6) is 0 Å². The van der Waals surface area contributed by atoms with Gasteiger partial charge in [0.05, 0.1) is 12.5 Å². The van der Waals surface area contributed by atoms with Gasteiger partial charge in [0.15, 0.2) is 5.76 Å². The van der Waals surface area contributed by atoms with Gasteiger partial charge >= 0.3 is 0 Å². The van der Waals surface area contributed by atoms with Crippen LogP contribution >= 0.6 is 0 Å². The molecule has 2 aliphatic heterocycles. The zero-order valence-corrected chi connectivity index (χ0v) is 14.3. The van der Waals surface area contributed by atoms with E-state index in [0.29, 0.717) is 23.6 Å². The lowest BCUT2D eigenvalue weighted by atomic mass is 9.95. The van der Waals surface area contributed by atoms with E-state index in [1.165, 1.54) is 6.42 Å². The van der Waals surface area contributed by atoms with E-state index in [9.17, 15) is 4.79 Å². The summed E-state index contributed by atoms with van der Waals surface area (Å²) < 4.78 is 11.0. The molecule has 2 bridgehead atoms. The summed E-state index contributed by atoms with van der Waals surface area (Å²) in [5.41, 5.74) is 3.00. The minimum absolute atomic E-state index is 0.137. The molecule has 0 radical (unpaired) electrons. The van der Waals surface area contributed by atoms with Gasteiger partial charge in [0, 0.05) is 29.3 Å². The molecular weight excluding hydrogens is 328 g/mol. The van der Waals surface area contributed by atoms with Gasteiger partial charge in [0.25, 0.3) is 5.91 Å². The maximum atomic E-state index is 12.5. The van der Waals surface area contributed by atoms with E-state index in [1.807, 2.05) is 36.4 Å². The van der Waals surface area contributed by atoms with Crippen molar-refractivity contribution < 1.29 is 13.6 Å². The second-order valence-corrected chi connectivity index (χ2v) is 7.12. The summed E-state index contributed by atoms with van der Waals surface area (Å²) in [5.74, 6) is 0.907. The first-order chi connectivity index (χ1) is 12.8. The molecule has 5 heteroatoms. The molecule has 1 amide bonds. The largest absolute Gasteiger partial charge is 0.472 e. The second kappa shape index (κ2) is 6.18. The fourth-order valence-electron chi connectivity index (χ4n) is 4.12. The van der Waals surface area contributed by atoms with Crippen LogP contribution in [-0.2, 0) is 0 Å². The Labute approximate surface area is 151 Å². The number of furan rings is 2. The number of rotatable bonds is 4. The van der Waals surface area contributed by atoms with Gasteiger partial charge in [-0.25, -0.2) is 0 Å². The minimum atomic E-state index is -0.137. The third-order valence-corrected chi connectivity index (χ3v) is 5.45. The standard InChI is InChI=1S/C21H20N2O3/c24-21(23-18-11-16-4-5-17(18)22-16)20-7-6-19(26-20)14-3-1-2-13(10-14)15-8-9-25-12-15/h1-3,6-10,12,16-18,22H,4-5,11H2,(H,23,24)/t16-,17+,18-/m1/s1. The van der Waals surface area contributed by atoms with Crippen molar-refractivity contribution in [2.75, 3.05) is 0 Å². The van der Waals surface area contributed by atoms with Crippen molar-refractivity contribution in [3.8, 4) is 22.5 Å². The summed E-state index contributed by atoms with van der Waals surface area (Å²) in [6.45, 7) is 0. The summed E-state index contributed by atoms with van der Waals surface area (Å²) in [7, 11) is 0. The van der Waals surface area contributed by atoms with Crippen LogP contribution in [0.1, 0.15) is 29.8 Å². The van der Waals surface area contributed by atoms with Gasteiger partial charge in [-0.05, 0) is 49.1 Å². The van der Waals surface area contributed by atoms with Crippen LogP contribution in [0.4, 0.5) is 0 Å². The highest BCUT2D eigenvalue weighted by Gasteiger charge is 2.39. The zero-order chi connectivity index (χ0) is 17.5. The summed E-state index contributed by atoms with van der Waals surface area (Å²) in [6.07, 6.45) is 6.73. The molecule has 2 N–H and O–H groups in total. The van der Waals surface area contributed by atoms with Gasteiger partial charge in [-0.1, -0.05) is 18.2 Å². The zero-order valence-electron chi connectivity index (χ0n) is 14.3. The quantitative estimate of drug-likeness (QED) is 0.752. The normalized spacial score (nSPS) is 24.1. The Balaban J connectivity index is 1.34. The molecule has 1 aromatic carbocycles. The van der Waals surface area contributed by atoms with E-state index < -0.39 is 0 Å². The molecule has 132 valence electrons. The second-order valence-electron chi connectivity index (χ2n) is 7.12. The monoisotopic (exact) mass is 348 g/mol. The van der Waals surface area contributed by atoms with Gasteiger partial charge in [0.1, 0.15) is 5.76 Å². The van der Waals surface area contributed by atoms with Gasteiger partial charge < -0.3 is 19.5 Å². The Kier molecular flexibility index (Phi) is 3.68. The number of carbonyl (C=O) groups excluding carboxylic acids is 1. The van der Waals surface area contributed by atoms with Crippen LogP contribution in [0, 0.1) is 0 Å². The molecule has 26 heavy (non-hydrogen) atoms. The SMILES string of the molecule is O=C(N[C@@H]1C[C@H]2CC[C@@H]1N2)c1ccc(-c2cccc(-c3ccoc3)c2)o1. The van der Waals surface area contributed by atoms with Crippen LogP contribution in [0.2, 0.25) is 0 Å². The molecule has 0 aliphatic carbocycles. The molecule has 2 fully saturated rings. The first kappa shape index (κ1) is 15.5. The molecule has 0 unspecified atom stereocenters. The number of amides is 1. The third kappa shape index (κ3) is 2.74. The summed E-state index contributed by atoms with van der Waals surface area (Å²) >= 11 is 0. The molecule has 2 saturated heterocycles. The minimum Gasteiger partial charge on any atom is -0.472 e.